The molecule has 104 valence electrons. The molecule has 0 saturated heterocycles. The second-order valence-electron chi connectivity index (χ2n) is 5.98. The lowest BCUT2D eigenvalue weighted by atomic mass is 9.84. The molecule has 3 nitrogen and oxygen atoms in total. The SMILES string of the molecule is CC(C)(COCc1ccccc1)NC(=O)C1CCC1. The third-order valence-electron chi connectivity index (χ3n) is 3.51. The van der Waals surface area contributed by atoms with Crippen LogP contribution in [0, 0.1) is 5.92 Å². The largest absolute Gasteiger partial charge is 0.374 e. The fourth-order valence-electron chi connectivity index (χ4n) is 2.14. The molecule has 1 aliphatic rings. The Balaban J connectivity index is 1.72. The zero-order chi connectivity index (χ0) is 13.7. The van der Waals surface area contributed by atoms with E-state index in [0.717, 1.165) is 18.4 Å². The summed E-state index contributed by atoms with van der Waals surface area (Å²) in [5, 5.41) is 3.08. The van der Waals surface area contributed by atoms with Crippen LogP contribution >= 0.6 is 0 Å². The van der Waals surface area contributed by atoms with Gasteiger partial charge in [-0.05, 0) is 32.3 Å². The van der Waals surface area contributed by atoms with E-state index in [2.05, 4.69) is 5.32 Å². The van der Waals surface area contributed by atoms with Gasteiger partial charge >= 0.3 is 0 Å². The van der Waals surface area contributed by atoms with E-state index in [-0.39, 0.29) is 17.4 Å². The van der Waals surface area contributed by atoms with Crippen LogP contribution in [0.5, 0.6) is 0 Å². The second kappa shape index (κ2) is 6.20. The zero-order valence-corrected chi connectivity index (χ0v) is 11.8. The summed E-state index contributed by atoms with van der Waals surface area (Å²) >= 11 is 0. The first-order chi connectivity index (χ1) is 9.07. The molecule has 1 aromatic carbocycles. The quantitative estimate of drug-likeness (QED) is 0.855. The van der Waals surface area contributed by atoms with E-state index in [1.165, 1.54) is 6.42 Å². The summed E-state index contributed by atoms with van der Waals surface area (Å²) in [7, 11) is 0. The van der Waals surface area contributed by atoms with Crippen LogP contribution in [0.1, 0.15) is 38.7 Å². The minimum Gasteiger partial charge on any atom is -0.374 e. The van der Waals surface area contributed by atoms with Gasteiger partial charge in [-0.2, -0.15) is 0 Å². The van der Waals surface area contributed by atoms with Crippen molar-refractivity contribution < 1.29 is 9.53 Å². The Bertz CT molecular complexity index is 410. The van der Waals surface area contributed by atoms with Crippen molar-refractivity contribution in [3.05, 3.63) is 35.9 Å². The summed E-state index contributed by atoms with van der Waals surface area (Å²) in [5.74, 6) is 0.410. The number of hydrogen-bond acceptors (Lipinski definition) is 2. The van der Waals surface area contributed by atoms with Gasteiger partial charge in [-0.3, -0.25) is 4.79 Å². The maximum Gasteiger partial charge on any atom is 0.223 e. The molecule has 0 atom stereocenters. The van der Waals surface area contributed by atoms with Crippen molar-refractivity contribution in [1.29, 1.82) is 0 Å². The molecule has 0 aromatic heterocycles. The molecule has 0 aliphatic heterocycles. The van der Waals surface area contributed by atoms with Gasteiger partial charge in [0.1, 0.15) is 0 Å². The summed E-state index contributed by atoms with van der Waals surface area (Å²) in [4.78, 5) is 11.9. The third-order valence-corrected chi connectivity index (χ3v) is 3.51. The summed E-state index contributed by atoms with van der Waals surface area (Å²) in [6.45, 7) is 5.13. The highest BCUT2D eigenvalue weighted by Crippen LogP contribution is 2.26. The highest BCUT2D eigenvalue weighted by molar-refractivity contribution is 5.80. The first kappa shape index (κ1) is 14.1. The fraction of sp³-hybridized carbons (Fsp3) is 0.562. The average molecular weight is 261 g/mol. The lowest BCUT2D eigenvalue weighted by Gasteiger charge is -2.31. The van der Waals surface area contributed by atoms with Crippen LogP contribution in [-0.4, -0.2) is 18.1 Å². The second-order valence-corrected chi connectivity index (χ2v) is 5.98. The van der Waals surface area contributed by atoms with Crippen LogP contribution in [0.15, 0.2) is 30.3 Å². The molecule has 3 heteroatoms. The molecule has 0 bridgehead atoms. The van der Waals surface area contributed by atoms with Gasteiger partial charge in [0.2, 0.25) is 5.91 Å². The van der Waals surface area contributed by atoms with Crippen molar-refractivity contribution in [2.75, 3.05) is 6.61 Å². The Kier molecular flexibility index (Phi) is 4.59. The number of carbonyl (C=O) groups excluding carboxylic acids is 1. The Morgan fingerprint density at radius 2 is 2.00 bits per heavy atom. The third kappa shape index (κ3) is 4.35. The van der Waals surface area contributed by atoms with Gasteiger partial charge in [0.15, 0.2) is 0 Å². The van der Waals surface area contributed by atoms with Crippen molar-refractivity contribution in [2.45, 2.75) is 45.3 Å². The first-order valence-corrected chi connectivity index (χ1v) is 7.00. The van der Waals surface area contributed by atoms with Gasteiger partial charge in [0.25, 0.3) is 0 Å². The number of amides is 1. The van der Waals surface area contributed by atoms with Crippen molar-refractivity contribution in [1.82, 2.24) is 5.32 Å². The predicted molar refractivity (Wildman–Crippen MR) is 75.7 cm³/mol. The molecule has 19 heavy (non-hydrogen) atoms. The Labute approximate surface area is 115 Å². The lowest BCUT2D eigenvalue weighted by molar-refractivity contribution is -0.129. The van der Waals surface area contributed by atoms with Crippen LogP contribution in [-0.2, 0) is 16.1 Å². The smallest absolute Gasteiger partial charge is 0.223 e. The van der Waals surface area contributed by atoms with E-state index in [9.17, 15) is 4.79 Å². The molecular formula is C16H23NO2. The van der Waals surface area contributed by atoms with E-state index in [4.69, 9.17) is 4.74 Å². The van der Waals surface area contributed by atoms with Crippen LogP contribution in [0.4, 0.5) is 0 Å². The number of carbonyl (C=O) groups is 1. The molecule has 0 radical (unpaired) electrons. The Hall–Kier alpha value is -1.35. The molecule has 0 spiro atoms. The summed E-state index contributed by atoms with van der Waals surface area (Å²) in [5.41, 5.74) is 0.852. The molecule has 0 unspecified atom stereocenters. The van der Waals surface area contributed by atoms with E-state index in [1.807, 2.05) is 44.2 Å². The molecule has 1 aliphatic carbocycles. The van der Waals surface area contributed by atoms with E-state index < -0.39 is 0 Å². The monoisotopic (exact) mass is 261 g/mol. The topological polar surface area (TPSA) is 38.3 Å². The Morgan fingerprint density at radius 1 is 1.32 bits per heavy atom. The number of ether oxygens (including phenoxy) is 1. The van der Waals surface area contributed by atoms with Gasteiger partial charge in [0.05, 0.1) is 18.8 Å². The molecule has 1 fully saturated rings. The van der Waals surface area contributed by atoms with Crippen molar-refractivity contribution in [3.8, 4) is 0 Å². The van der Waals surface area contributed by atoms with E-state index in [0.29, 0.717) is 13.2 Å². The van der Waals surface area contributed by atoms with Crippen molar-refractivity contribution in [3.63, 3.8) is 0 Å². The molecule has 1 aromatic rings. The highest BCUT2D eigenvalue weighted by Gasteiger charge is 2.29. The molecule has 2 rings (SSSR count). The van der Waals surface area contributed by atoms with Crippen LogP contribution in [0.3, 0.4) is 0 Å². The summed E-state index contributed by atoms with van der Waals surface area (Å²) in [6, 6.07) is 10.1. The Morgan fingerprint density at radius 3 is 2.58 bits per heavy atom. The molecule has 0 heterocycles. The minimum atomic E-state index is -0.304. The van der Waals surface area contributed by atoms with Crippen LogP contribution in [0.25, 0.3) is 0 Å². The average Bonchev–Trinajstić information content (AvgIpc) is 2.26. The summed E-state index contributed by atoms with van der Waals surface area (Å²) < 4.78 is 5.70. The molecule has 1 N–H and O–H groups in total. The first-order valence-electron chi connectivity index (χ1n) is 7.00. The minimum absolute atomic E-state index is 0.180. The number of rotatable bonds is 6. The van der Waals surface area contributed by atoms with Gasteiger partial charge in [-0.15, -0.1) is 0 Å². The van der Waals surface area contributed by atoms with Crippen molar-refractivity contribution >= 4 is 5.91 Å². The van der Waals surface area contributed by atoms with Gasteiger partial charge in [-0.25, -0.2) is 0 Å². The maximum atomic E-state index is 11.9. The van der Waals surface area contributed by atoms with E-state index in [1.54, 1.807) is 0 Å². The predicted octanol–water partition coefficient (Wildman–Crippen LogP) is 2.90. The highest BCUT2D eigenvalue weighted by atomic mass is 16.5. The van der Waals surface area contributed by atoms with E-state index >= 15 is 0 Å². The normalized spacial score (nSPS) is 15.9. The number of hydrogen-bond donors (Lipinski definition) is 1. The molecular weight excluding hydrogens is 238 g/mol. The standard InChI is InChI=1S/C16H23NO2/c1-16(2,17-15(18)14-9-6-10-14)12-19-11-13-7-4-3-5-8-13/h3-5,7-8,14H,6,9-12H2,1-2H3,(H,17,18). The van der Waals surface area contributed by atoms with Gasteiger partial charge in [-0.1, -0.05) is 36.8 Å². The fourth-order valence-corrected chi connectivity index (χ4v) is 2.14. The maximum absolute atomic E-state index is 11.9. The van der Waals surface area contributed by atoms with Crippen LogP contribution in [0.2, 0.25) is 0 Å². The number of benzene rings is 1. The van der Waals surface area contributed by atoms with Gasteiger partial charge in [0, 0.05) is 5.92 Å². The number of nitrogens with one attached hydrogen (secondary N) is 1. The molecule has 1 amide bonds. The summed E-state index contributed by atoms with van der Waals surface area (Å²) in [6.07, 6.45) is 3.25. The molecule has 1 saturated carbocycles. The van der Waals surface area contributed by atoms with Crippen LogP contribution < -0.4 is 5.32 Å². The zero-order valence-electron chi connectivity index (χ0n) is 11.8. The lowest BCUT2D eigenvalue weighted by Crippen LogP contribution is -2.50. The van der Waals surface area contributed by atoms with Crippen molar-refractivity contribution in [2.24, 2.45) is 5.92 Å². The van der Waals surface area contributed by atoms with Gasteiger partial charge < -0.3 is 10.1 Å².